The van der Waals surface area contributed by atoms with Crippen LogP contribution in [0.5, 0.6) is 0 Å². The van der Waals surface area contributed by atoms with Crippen LogP contribution in [-0.4, -0.2) is 23.8 Å². The Morgan fingerprint density at radius 1 is 1.42 bits per heavy atom. The number of anilines is 1. The molecule has 0 aliphatic rings. The zero-order valence-corrected chi connectivity index (χ0v) is 16.6. The van der Waals surface area contributed by atoms with Gasteiger partial charge in [-0.15, -0.1) is 11.3 Å². The third-order valence-electron chi connectivity index (χ3n) is 3.43. The minimum Gasteiger partial charge on any atom is -0.462 e. The number of benzene rings is 1. The summed E-state index contributed by atoms with van der Waals surface area (Å²) >= 11 is 4.87. The Bertz CT molecular complexity index is 932. The maximum atomic E-state index is 11.8. The summed E-state index contributed by atoms with van der Waals surface area (Å²) in [6.07, 6.45) is 1.50. The third kappa shape index (κ3) is 4.39. The van der Waals surface area contributed by atoms with Gasteiger partial charge in [-0.3, -0.25) is 5.43 Å². The fourth-order valence-electron chi connectivity index (χ4n) is 2.21. The van der Waals surface area contributed by atoms with Crippen molar-refractivity contribution < 1.29 is 13.9 Å². The lowest BCUT2D eigenvalue weighted by Crippen LogP contribution is -2.04. The van der Waals surface area contributed by atoms with Gasteiger partial charge in [0.1, 0.15) is 17.1 Å². The summed E-state index contributed by atoms with van der Waals surface area (Å²) in [5.74, 6) is 0.555. The maximum absolute atomic E-state index is 11.8. The molecule has 0 aliphatic carbocycles. The predicted molar refractivity (Wildman–Crippen MR) is 106 cm³/mol. The fraction of sp³-hybridized carbons (Fsp3) is 0.167. The first-order valence-electron chi connectivity index (χ1n) is 7.85. The van der Waals surface area contributed by atoms with Crippen LogP contribution in [0.15, 0.2) is 49.7 Å². The highest BCUT2D eigenvalue weighted by atomic mass is 79.9. The van der Waals surface area contributed by atoms with E-state index in [9.17, 15) is 4.79 Å². The highest BCUT2D eigenvalue weighted by Gasteiger charge is 2.15. The zero-order valence-electron chi connectivity index (χ0n) is 14.2. The highest BCUT2D eigenvalue weighted by molar-refractivity contribution is 9.10. The predicted octanol–water partition coefficient (Wildman–Crippen LogP) is 5.10. The number of hydrogen-bond acceptors (Lipinski definition) is 7. The SMILES string of the molecule is CCOC(=O)c1cc(/C=N/Nc2nc(-c3ccc(Br)cc3)cs2)oc1C. The van der Waals surface area contributed by atoms with Crippen LogP contribution in [0.3, 0.4) is 0 Å². The number of esters is 1. The molecule has 0 radical (unpaired) electrons. The average molecular weight is 434 g/mol. The van der Waals surface area contributed by atoms with Crippen molar-refractivity contribution in [1.29, 1.82) is 0 Å². The van der Waals surface area contributed by atoms with E-state index in [0.29, 0.717) is 28.8 Å². The van der Waals surface area contributed by atoms with Crippen molar-refractivity contribution in [2.45, 2.75) is 13.8 Å². The normalized spacial score (nSPS) is 11.0. The molecule has 0 saturated carbocycles. The molecule has 0 fully saturated rings. The lowest BCUT2D eigenvalue weighted by molar-refractivity contribution is 0.0524. The number of thiazole rings is 1. The number of carbonyl (C=O) groups is 1. The number of carbonyl (C=O) groups excluding carboxylic acids is 1. The van der Waals surface area contributed by atoms with E-state index < -0.39 is 5.97 Å². The topological polar surface area (TPSA) is 76.7 Å². The van der Waals surface area contributed by atoms with E-state index in [1.54, 1.807) is 19.9 Å². The summed E-state index contributed by atoms with van der Waals surface area (Å²) in [6, 6.07) is 9.54. The molecule has 8 heteroatoms. The molecule has 0 spiro atoms. The number of rotatable bonds is 6. The second-order valence-electron chi connectivity index (χ2n) is 5.25. The van der Waals surface area contributed by atoms with Gasteiger partial charge < -0.3 is 9.15 Å². The minimum absolute atomic E-state index is 0.319. The van der Waals surface area contributed by atoms with Crippen molar-refractivity contribution in [3.8, 4) is 11.3 Å². The van der Waals surface area contributed by atoms with Crippen LogP contribution in [0.1, 0.15) is 28.8 Å². The Morgan fingerprint density at radius 2 is 2.19 bits per heavy atom. The summed E-state index contributed by atoms with van der Waals surface area (Å²) in [5.41, 5.74) is 5.18. The molecule has 26 heavy (non-hydrogen) atoms. The summed E-state index contributed by atoms with van der Waals surface area (Å²) < 4.78 is 11.5. The molecule has 134 valence electrons. The summed E-state index contributed by atoms with van der Waals surface area (Å²) in [5, 5.41) is 6.73. The van der Waals surface area contributed by atoms with Crippen molar-refractivity contribution in [3.05, 3.63) is 57.3 Å². The van der Waals surface area contributed by atoms with E-state index in [1.165, 1.54) is 17.6 Å². The van der Waals surface area contributed by atoms with Gasteiger partial charge in [-0.05, 0) is 26.0 Å². The van der Waals surface area contributed by atoms with Crippen molar-refractivity contribution in [3.63, 3.8) is 0 Å². The summed E-state index contributed by atoms with van der Waals surface area (Å²) in [4.78, 5) is 16.3. The minimum atomic E-state index is -0.402. The summed E-state index contributed by atoms with van der Waals surface area (Å²) in [7, 11) is 0. The Balaban J connectivity index is 1.65. The first-order chi connectivity index (χ1) is 12.6. The van der Waals surface area contributed by atoms with E-state index in [0.717, 1.165) is 15.7 Å². The highest BCUT2D eigenvalue weighted by Crippen LogP contribution is 2.26. The Hall–Kier alpha value is -2.45. The first-order valence-corrected chi connectivity index (χ1v) is 9.52. The molecule has 0 atom stereocenters. The number of ether oxygens (including phenoxy) is 1. The molecule has 2 heterocycles. The lowest BCUT2D eigenvalue weighted by Gasteiger charge is -1.97. The number of hydrazone groups is 1. The van der Waals surface area contributed by atoms with Crippen molar-refractivity contribution in [1.82, 2.24) is 4.98 Å². The number of nitrogens with zero attached hydrogens (tertiary/aromatic N) is 2. The second-order valence-corrected chi connectivity index (χ2v) is 7.03. The summed E-state index contributed by atoms with van der Waals surface area (Å²) in [6.45, 7) is 3.79. The van der Waals surface area contributed by atoms with Crippen LogP contribution >= 0.6 is 27.3 Å². The first kappa shape index (κ1) is 18.3. The van der Waals surface area contributed by atoms with E-state index >= 15 is 0 Å². The molecule has 3 aromatic rings. The largest absolute Gasteiger partial charge is 0.462 e. The maximum Gasteiger partial charge on any atom is 0.341 e. The second kappa shape index (κ2) is 8.29. The van der Waals surface area contributed by atoms with Gasteiger partial charge in [0.25, 0.3) is 0 Å². The average Bonchev–Trinajstić information content (AvgIpc) is 3.23. The van der Waals surface area contributed by atoms with Crippen LogP contribution in [0.2, 0.25) is 0 Å². The van der Waals surface area contributed by atoms with Gasteiger partial charge in [0.15, 0.2) is 0 Å². The van der Waals surface area contributed by atoms with Crippen LogP contribution in [0.25, 0.3) is 11.3 Å². The van der Waals surface area contributed by atoms with Gasteiger partial charge in [0.2, 0.25) is 5.13 Å². The quantitative estimate of drug-likeness (QED) is 0.332. The molecule has 6 nitrogen and oxygen atoms in total. The molecular weight excluding hydrogens is 418 g/mol. The molecule has 1 aromatic carbocycles. The molecule has 0 bridgehead atoms. The van der Waals surface area contributed by atoms with Crippen LogP contribution < -0.4 is 5.43 Å². The van der Waals surface area contributed by atoms with Crippen LogP contribution in [0, 0.1) is 6.92 Å². The number of nitrogens with one attached hydrogen (secondary N) is 1. The fourth-order valence-corrected chi connectivity index (χ4v) is 3.14. The van der Waals surface area contributed by atoms with Crippen molar-refractivity contribution in [2.24, 2.45) is 5.10 Å². The van der Waals surface area contributed by atoms with E-state index in [2.05, 4.69) is 31.4 Å². The van der Waals surface area contributed by atoms with Gasteiger partial charge in [0.05, 0.1) is 18.5 Å². The molecule has 3 rings (SSSR count). The zero-order chi connectivity index (χ0) is 18.5. The van der Waals surface area contributed by atoms with E-state index in [1.807, 2.05) is 29.6 Å². The van der Waals surface area contributed by atoms with Gasteiger partial charge >= 0.3 is 5.97 Å². The monoisotopic (exact) mass is 433 g/mol. The van der Waals surface area contributed by atoms with Gasteiger partial charge in [-0.1, -0.05) is 28.1 Å². The van der Waals surface area contributed by atoms with E-state index in [4.69, 9.17) is 9.15 Å². The van der Waals surface area contributed by atoms with Gasteiger partial charge in [-0.2, -0.15) is 5.10 Å². The number of hydrogen-bond donors (Lipinski definition) is 1. The number of halogens is 1. The molecule has 2 aromatic heterocycles. The van der Waals surface area contributed by atoms with E-state index in [-0.39, 0.29) is 0 Å². The molecule has 0 aliphatic heterocycles. The smallest absolute Gasteiger partial charge is 0.341 e. The standard InChI is InChI=1S/C18H16BrN3O3S/c1-3-24-17(23)15-8-14(25-11(15)2)9-20-22-18-21-16(10-26-18)12-4-6-13(19)7-5-12/h4-10H,3H2,1-2H3,(H,21,22)/b20-9+. The lowest BCUT2D eigenvalue weighted by atomic mass is 10.2. The Morgan fingerprint density at radius 3 is 2.92 bits per heavy atom. The van der Waals surface area contributed by atoms with Crippen LogP contribution in [-0.2, 0) is 4.74 Å². The Kier molecular flexibility index (Phi) is 5.85. The number of furan rings is 1. The number of aromatic nitrogens is 1. The molecule has 1 N–H and O–H groups in total. The third-order valence-corrected chi connectivity index (χ3v) is 4.70. The Labute approximate surface area is 163 Å². The van der Waals surface area contributed by atoms with Crippen molar-refractivity contribution >= 4 is 44.6 Å². The molecule has 0 unspecified atom stereocenters. The molecule has 0 saturated heterocycles. The molecular formula is C18H16BrN3O3S. The van der Waals surface area contributed by atoms with Gasteiger partial charge in [-0.25, -0.2) is 9.78 Å². The number of aryl methyl sites for hydroxylation is 1. The van der Waals surface area contributed by atoms with Gasteiger partial charge in [0, 0.05) is 21.5 Å². The molecule has 0 amide bonds. The van der Waals surface area contributed by atoms with Crippen molar-refractivity contribution in [2.75, 3.05) is 12.0 Å². The van der Waals surface area contributed by atoms with Crippen LogP contribution in [0.4, 0.5) is 5.13 Å².